The van der Waals surface area contributed by atoms with Gasteiger partial charge in [0.1, 0.15) is 0 Å². The Morgan fingerprint density at radius 3 is 2.40 bits per heavy atom. The normalized spacial score (nSPS) is 12.0. The zero-order valence-electron chi connectivity index (χ0n) is 10.7. The molecule has 1 amide bonds. The lowest BCUT2D eigenvalue weighted by molar-refractivity contribution is 0.0940. The fourth-order valence-electron chi connectivity index (χ4n) is 1.85. The van der Waals surface area contributed by atoms with Gasteiger partial charge in [0.15, 0.2) is 0 Å². The van der Waals surface area contributed by atoms with Crippen LogP contribution in [-0.2, 0) is 0 Å². The lowest BCUT2D eigenvalue weighted by Crippen LogP contribution is -2.27. The van der Waals surface area contributed by atoms with Crippen LogP contribution in [0.4, 0.5) is 0 Å². The third kappa shape index (κ3) is 3.45. The number of hydrogen-bond acceptors (Lipinski definition) is 1. The van der Waals surface area contributed by atoms with Crippen molar-refractivity contribution in [3.05, 3.63) is 68.7 Å². The van der Waals surface area contributed by atoms with E-state index in [1.54, 1.807) is 42.5 Å². The van der Waals surface area contributed by atoms with E-state index >= 15 is 0 Å². The van der Waals surface area contributed by atoms with Crippen LogP contribution in [0.3, 0.4) is 0 Å². The molecule has 0 saturated carbocycles. The monoisotopic (exact) mass is 327 g/mol. The van der Waals surface area contributed by atoms with E-state index in [9.17, 15) is 4.79 Å². The van der Waals surface area contributed by atoms with Crippen LogP contribution in [0, 0.1) is 0 Å². The van der Waals surface area contributed by atoms with Crippen molar-refractivity contribution in [3.63, 3.8) is 0 Å². The van der Waals surface area contributed by atoms with Crippen LogP contribution in [0.15, 0.2) is 42.5 Å². The Morgan fingerprint density at radius 2 is 1.75 bits per heavy atom. The maximum atomic E-state index is 12.2. The molecule has 0 spiro atoms. The molecule has 1 N–H and O–H groups in total. The van der Waals surface area contributed by atoms with Gasteiger partial charge in [0.25, 0.3) is 5.91 Å². The van der Waals surface area contributed by atoms with E-state index in [4.69, 9.17) is 34.8 Å². The average Bonchev–Trinajstić information content (AvgIpc) is 2.38. The highest BCUT2D eigenvalue weighted by molar-refractivity contribution is 6.35. The molecule has 0 fully saturated rings. The number of carbonyl (C=O) groups excluding carboxylic acids is 1. The quantitative estimate of drug-likeness (QED) is 0.830. The Hall–Kier alpha value is -1.22. The molecule has 104 valence electrons. The van der Waals surface area contributed by atoms with Crippen molar-refractivity contribution >= 4 is 40.7 Å². The van der Waals surface area contributed by atoms with Gasteiger partial charge in [0.05, 0.1) is 16.6 Å². The minimum Gasteiger partial charge on any atom is -0.345 e. The van der Waals surface area contributed by atoms with Gasteiger partial charge in [-0.15, -0.1) is 0 Å². The molecule has 20 heavy (non-hydrogen) atoms. The van der Waals surface area contributed by atoms with Crippen molar-refractivity contribution < 1.29 is 4.79 Å². The second kappa shape index (κ2) is 6.49. The summed E-state index contributed by atoms with van der Waals surface area (Å²) in [5.41, 5.74) is 1.24. The van der Waals surface area contributed by atoms with Crippen LogP contribution in [-0.4, -0.2) is 5.91 Å². The van der Waals surface area contributed by atoms with E-state index in [0.717, 1.165) is 5.56 Å². The summed E-state index contributed by atoms with van der Waals surface area (Å²) < 4.78 is 0. The molecule has 0 heterocycles. The second-order valence-electron chi connectivity index (χ2n) is 4.34. The van der Waals surface area contributed by atoms with Gasteiger partial charge in [-0.3, -0.25) is 4.79 Å². The molecular weight excluding hydrogens is 317 g/mol. The number of benzene rings is 2. The van der Waals surface area contributed by atoms with E-state index in [1.165, 1.54) is 0 Å². The smallest absolute Gasteiger partial charge is 0.253 e. The van der Waals surface area contributed by atoms with Gasteiger partial charge >= 0.3 is 0 Å². The van der Waals surface area contributed by atoms with Crippen molar-refractivity contribution in [2.24, 2.45) is 0 Å². The molecule has 0 aliphatic heterocycles. The Bertz CT molecular complexity index is 643. The fraction of sp³-hybridized carbons (Fsp3) is 0.133. The molecule has 0 aliphatic carbocycles. The van der Waals surface area contributed by atoms with E-state index in [-0.39, 0.29) is 11.9 Å². The molecule has 2 rings (SSSR count). The summed E-state index contributed by atoms with van der Waals surface area (Å²) in [5.74, 6) is -0.242. The van der Waals surface area contributed by atoms with Gasteiger partial charge in [-0.1, -0.05) is 53.0 Å². The molecular formula is C15H12Cl3NO. The van der Waals surface area contributed by atoms with E-state index in [0.29, 0.717) is 20.6 Å². The summed E-state index contributed by atoms with van der Waals surface area (Å²) in [6, 6.07) is 11.8. The van der Waals surface area contributed by atoms with E-state index in [1.807, 2.05) is 6.92 Å². The van der Waals surface area contributed by atoms with Gasteiger partial charge in [-0.25, -0.2) is 0 Å². The Kier molecular flexibility index (Phi) is 4.92. The number of carbonyl (C=O) groups is 1. The van der Waals surface area contributed by atoms with Crippen LogP contribution in [0.25, 0.3) is 0 Å². The number of halogens is 3. The van der Waals surface area contributed by atoms with Crippen LogP contribution < -0.4 is 5.32 Å². The maximum absolute atomic E-state index is 12.2. The lowest BCUT2D eigenvalue weighted by Gasteiger charge is -2.16. The van der Waals surface area contributed by atoms with Crippen molar-refractivity contribution in [1.29, 1.82) is 0 Å². The summed E-state index contributed by atoms with van der Waals surface area (Å²) in [6.07, 6.45) is 0. The lowest BCUT2D eigenvalue weighted by atomic mass is 10.1. The Balaban J connectivity index is 2.17. The zero-order valence-corrected chi connectivity index (χ0v) is 12.9. The molecule has 5 heteroatoms. The molecule has 0 bridgehead atoms. The second-order valence-corrected chi connectivity index (χ2v) is 5.59. The molecule has 0 aliphatic rings. The van der Waals surface area contributed by atoms with Crippen LogP contribution in [0.5, 0.6) is 0 Å². The van der Waals surface area contributed by atoms with Gasteiger partial charge in [-0.05, 0) is 36.8 Å². The first-order chi connectivity index (χ1) is 9.49. The van der Waals surface area contributed by atoms with Gasteiger partial charge in [0, 0.05) is 10.0 Å². The molecule has 0 aromatic heterocycles. The molecule has 0 radical (unpaired) electrons. The van der Waals surface area contributed by atoms with E-state index in [2.05, 4.69) is 5.32 Å². The largest absolute Gasteiger partial charge is 0.345 e. The average molecular weight is 329 g/mol. The number of nitrogens with one attached hydrogen (secondary N) is 1. The number of rotatable bonds is 3. The SMILES string of the molecule is C[C@@H](NC(=O)c1ccccc1Cl)c1ccc(Cl)cc1Cl. The first kappa shape index (κ1) is 15.2. The summed E-state index contributed by atoms with van der Waals surface area (Å²) in [6.45, 7) is 1.85. The maximum Gasteiger partial charge on any atom is 0.253 e. The molecule has 2 nitrogen and oxygen atoms in total. The minimum atomic E-state index is -0.247. The number of hydrogen-bond donors (Lipinski definition) is 1. The third-order valence-corrected chi connectivity index (χ3v) is 3.79. The Morgan fingerprint density at radius 1 is 1.05 bits per heavy atom. The van der Waals surface area contributed by atoms with Gasteiger partial charge in [0.2, 0.25) is 0 Å². The summed E-state index contributed by atoms with van der Waals surface area (Å²) >= 11 is 18.0. The molecule has 2 aromatic carbocycles. The van der Waals surface area contributed by atoms with E-state index < -0.39 is 0 Å². The zero-order chi connectivity index (χ0) is 14.7. The highest BCUT2D eigenvalue weighted by Crippen LogP contribution is 2.26. The van der Waals surface area contributed by atoms with Crippen LogP contribution >= 0.6 is 34.8 Å². The number of amides is 1. The van der Waals surface area contributed by atoms with Gasteiger partial charge < -0.3 is 5.32 Å². The summed E-state index contributed by atoms with van der Waals surface area (Å²) in [4.78, 5) is 12.2. The van der Waals surface area contributed by atoms with Gasteiger partial charge in [-0.2, -0.15) is 0 Å². The molecule has 1 atom stereocenters. The highest BCUT2D eigenvalue weighted by Gasteiger charge is 2.15. The highest BCUT2D eigenvalue weighted by atomic mass is 35.5. The molecule has 0 saturated heterocycles. The van der Waals surface area contributed by atoms with Crippen LogP contribution in [0.1, 0.15) is 28.9 Å². The Labute approximate surface area is 132 Å². The van der Waals surface area contributed by atoms with Crippen molar-refractivity contribution in [2.75, 3.05) is 0 Å². The van der Waals surface area contributed by atoms with Crippen molar-refractivity contribution in [1.82, 2.24) is 5.32 Å². The predicted molar refractivity (Wildman–Crippen MR) is 83.8 cm³/mol. The van der Waals surface area contributed by atoms with Crippen molar-refractivity contribution in [3.8, 4) is 0 Å². The fourth-order valence-corrected chi connectivity index (χ4v) is 2.64. The first-order valence-corrected chi connectivity index (χ1v) is 7.13. The third-order valence-electron chi connectivity index (χ3n) is 2.90. The molecule has 0 unspecified atom stereocenters. The standard InChI is InChI=1S/C15H12Cl3NO/c1-9(11-7-6-10(16)8-14(11)18)19-15(20)12-4-2-3-5-13(12)17/h2-9H,1H3,(H,19,20)/t9-/m1/s1. The van der Waals surface area contributed by atoms with Crippen molar-refractivity contribution in [2.45, 2.75) is 13.0 Å². The molecule has 2 aromatic rings. The van der Waals surface area contributed by atoms with Crippen LogP contribution in [0.2, 0.25) is 15.1 Å². The topological polar surface area (TPSA) is 29.1 Å². The summed E-state index contributed by atoms with van der Waals surface area (Å²) in [5, 5.41) is 4.36. The first-order valence-electron chi connectivity index (χ1n) is 5.99. The predicted octanol–water partition coefficient (Wildman–Crippen LogP) is 5.14. The minimum absolute atomic E-state index is 0.242. The summed E-state index contributed by atoms with van der Waals surface area (Å²) in [7, 11) is 0.